The van der Waals surface area contributed by atoms with Crippen LogP contribution < -0.4 is 0 Å². The Morgan fingerprint density at radius 1 is 1.17 bits per heavy atom. The van der Waals surface area contributed by atoms with E-state index in [2.05, 4.69) is 0 Å². The molecule has 0 aliphatic carbocycles. The first-order valence-electron chi connectivity index (χ1n) is 4.13. The zero-order chi connectivity index (χ0) is 9.56. The summed E-state index contributed by atoms with van der Waals surface area (Å²) in [7, 11) is 0. The highest BCUT2D eigenvalue weighted by Crippen LogP contribution is 2.14. The van der Waals surface area contributed by atoms with Crippen LogP contribution in [-0.2, 0) is 6.61 Å². The largest absolute Gasteiger partial charge is 0.508 e. The summed E-state index contributed by atoms with van der Waals surface area (Å²) in [6, 6.07) is 5.03. The van der Waals surface area contributed by atoms with Crippen LogP contribution in [0.2, 0.25) is 0 Å². The van der Waals surface area contributed by atoms with E-state index in [4.69, 9.17) is 10.2 Å². The lowest BCUT2D eigenvalue weighted by Crippen LogP contribution is -1.83. The summed E-state index contributed by atoms with van der Waals surface area (Å²) in [4.78, 5) is 0. The van der Waals surface area contributed by atoms with Crippen molar-refractivity contribution in [3.8, 4) is 5.75 Å². The molecular weight excluding hydrogens is 152 g/mol. The van der Waals surface area contributed by atoms with E-state index in [0.717, 1.165) is 11.1 Å². The molecule has 2 heteroatoms. The molecule has 2 nitrogen and oxygen atoms in total. The van der Waals surface area contributed by atoms with Crippen molar-refractivity contribution in [2.24, 2.45) is 0 Å². The number of phenolic OH excluding ortho intramolecular Hbond substituents is 1. The summed E-state index contributed by atoms with van der Waals surface area (Å²) in [6.07, 6.45) is 0. The molecule has 0 unspecified atom stereocenters. The molecule has 1 aromatic rings. The third-order valence-corrected chi connectivity index (χ3v) is 1.30. The number of benzene rings is 1. The van der Waals surface area contributed by atoms with Crippen molar-refractivity contribution in [1.82, 2.24) is 0 Å². The lowest BCUT2D eigenvalue weighted by molar-refractivity contribution is 0.281. The molecule has 1 rings (SSSR count). The molecule has 0 heterocycles. The number of hydrogen-bond acceptors (Lipinski definition) is 2. The second-order valence-corrected chi connectivity index (χ2v) is 2.33. The average molecular weight is 168 g/mol. The molecule has 12 heavy (non-hydrogen) atoms. The number of rotatable bonds is 1. The Balaban J connectivity index is 0.000000561. The maximum atomic E-state index is 9.01. The number of phenols is 1. The minimum Gasteiger partial charge on any atom is -0.508 e. The summed E-state index contributed by atoms with van der Waals surface area (Å²) < 4.78 is 0. The Bertz CT molecular complexity index is 211. The highest BCUT2D eigenvalue weighted by atomic mass is 16.3. The van der Waals surface area contributed by atoms with E-state index in [-0.39, 0.29) is 12.4 Å². The molecule has 0 aliphatic rings. The van der Waals surface area contributed by atoms with E-state index >= 15 is 0 Å². The van der Waals surface area contributed by atoms with E-state index < -0.39 is 0 Å². The van der Waals surface area contributed by atoms with Gasteiger partial charge in [0.25, 0.3) is 0 Å². The molecule has 0 saturated carbocycles. The molecule has 0 bridgehead atoms. The van der Waals surface area contributed by atoms with Crippen LogP contribution in [0.1, 0.15) is 25.0 Å². The van der Waals surface area contributed by atoms with Gasteiger partial charge in [0.05, 0.1) is 6.61 Å². The topological polar surface area (TPSA) is 40.5 Å². The van der Waals surface area contributed by atoms with E-state index in [9.17, 15) is 0 Å². The molecule has 0 atom stereocenters. The summed E-state index contributed by atoms with van der Waals surface area (Å²) in [5, 5.41) is 17.7. The van der Waals surface area contributed by atoms with Crippen molar-refractivity contribution in [3.63, 3.8) is 0 Å². The van der Waals surface area contributed by atoms with E-state index in [1.54, 1.807) is 12.1 Å². The lowest BCUT2D eigenvalue weighted by Gasteiger charge is -1.98. The number of aromatic hydroxyl groups is 1. The minimum absolute atomic E-state index is 0.0186. The fraction of sp³-hybridized carbons (Fsp3) is 0.400. The quantitative estimate of drug-likeness (QED) is 0.675. The van der Waals surface area contributed by atoms with Gasteiger partial charge in [-0.15, -0.1) is 0 Å². The highest BCUT2D eigenvalue weighted by Gasteiger charge is 1.93. The van der Waals surface area contributed by atoms with Gasteiger partial charge in [-0.05, 0) is 30.2 Å². The standard InChI is InChI=1S/C8H10O2.C2H6/c1-6-2-7(5-9)4-8(10)3-6;1-2/h2-4,9-10H,5H2,1H3;1-2H3. The first-order valence-corrected chi connectivity index (χ1v) is 4.13. The zero-order valence-corrected chi connectivity index (χ0v) is 7.83. The molecular formula is C10H16O2. The summed E-state index contributed by atoms with van der Waals surface area (Å²) >= 11 is 0. The van der Waals surface area contributed by atoms with Crippen LogP contribution in [0.15, 0.2) is 18.2 Å². The minimum atomic E-state index is -0.0186. The van der Waals surface area contributed by atoms with Crippen LogP contribution in [0.3, 0.4) is 0 Å². The second kappa shape index (κ2) is 5.61. The summed E-state index contributed by atoms with van der Waals surface area (Å²) in [5.74, 6) is 0.212. The molecule has 0 radical (unpaired) electrons. The number of aliphatic hydroxyl groups excluding tert-OH is 1. The van der Waals surface area contributed by atoms with Gasteiger partial charge >= 0.3 is 0 Å². The van der Waals surface area contributed by atoms with Crippen molar-refractivity contribution in [1.29, 1.82) is 0 Å². The smallest absolute Gasteiger partial charge is 0.116 e. The van der Waals surface area contributed by atoms with E-state index in [1.165, 1.54) is 0 Å². The highest BCUT2D eigenvalue weighted by molar-refractivity contribution is 5.32. The summed E-state index contributed by atoms with van der Waals surface area (Å²) in [5.41, 5.74) is 1.71. The predicted octanol–water partition coefficient (Wildman–Crippen LogP) is 2.22. The van der Waals surface area contributed by atoms with Gasteiger partial charge in [-0.1, -0.05) is 19.9 Å². The third kappa shape index (κ3) is 3.39. The van der Waals surface area contributed by atoms with Gasteiger partial charge in [-0.3, -0.25) is 0 Å². The third-order valence-electron chi connectivity index (χ3n) is 1.30. The van der Waals surface area contributed by atoms with Crippen molar-refractivity contribution in [3.05, 3.63) is 29.3 Å². The molecule has 0 aliphatic heterocycles. The SMILES string of the molecule is CC.Cc1cc(O)cc(CO)c1. The van der Waals surface area contributed by atoms with Gasteiger partial charge in [-0.2, -0.15) is 0 Å². The molecule has 0 amide bonds. The first kappa shape index (κ1) is 11.0. The van der Waals surface area contributed by atoms with Crippen LogP contribution in [0, 0.1) is 6.92 Å². The number of hydrogen-bond donors (Lipinski definition) is 2. The van der Waals surface area contributed by atoms with Gasteiger partial charge in [0.2, 0.25) is 0 Å². The molecule has 68 valence electrons. The fourth-order valence-electron chi connectivity index (χ4n) is 0.932. The first-order chi connectivity index (χ1) is 5.72. The van der Waals surface area contributed by atoms with Crippen LogP contribution in [-0.4, -0.2) is 10.2 Å². The molecule has 0 spiro atoms. The van der Waals surface area contributed by atoms with Crippen molar-refractivity contribution < 1.29 is 10.2 Å². The van der Waals surface area contributed by atoms with Gasteiger partial charge in [0.15, 0.2) is 0 Å². The fourth-order valence-corrected chi connectivity index (χ4v) is 0.932. The van der Waals surface area contributed by atoms with Gasteiger partial charge < -0.3 is 10.2 Å². The second-order valence-electron chi connectivity index (χ2n) is 2.33. The predicted molar refractivity (Wildman–Crippen MR) is 50.1 cm³/mol. The van der Waals surface area contributed by atoms with E-state index in [1.807, 2.05) is 26.8 Å². The zero-order valence-electron chi connectivity index (χ0n) is 7.83. The maximum Gasteiger partial charge on any atom is 0.116 e. The van der Waals surface area contributed by atoms with Crippen molar-refractivity contribution in [2.75, 3.05) is 0 Å². The molecule has 1 aromatic carbocycles. The van der Waals surface area contributed by atoms with E-state index in [0.29, 0.717) is 0 Å². The van der Waals surface area contributed by atoms with Crippen LogP contribution in [0.4, 0.5) is 0 Å². The molecule has 2 N–H and O–H groups in total. The van der Waals surface area contributed by atoms with Crippen LogP contribution in [0.25, 0.3) is 0 Å². The Hall–Kier alpha value is -1.02. The van der Waals surface area contributed by atoms with Gasteiger partial charge in [0, 0.05) is 0 Å². The van der Waals surface area contributed by atoms with Crippen LogP contribution >= 0.6 is 0 Å². The summed E-state index contributed by atoms with van der Waals surface area (Å²) in [6.45, 7) is 5.86. The molecule has 0 fully saturated rings. The molecule has 0 saturated heterocycles. The van der Waals surface area contributed by atoms with Gasteiger partial charge in [-0.25, -0.2) is 0 Å². The maximum absolute atomic E-state index is 9.01. The Morgan fingerprint density at radius 2 is 1.75 bits per heavy atom. The lowest BCUT2D eigenvalue weighted by atomic mass is 10.1. The van der Waals surface area contributed by atoms with Crippen LogP contribution in [0.5, 0.6) is 5.75 Å². The van der Waals surface area contributed by atoms with Crippen molar-refractivity contribution >= 4 is 0 Å². The Labute approximate surface area is 73.5 Å². The number of aryl methyl sites for hydroxylation is 1. The Morgan fingerprint density at radius 3 is 2.17 bits per heavy atom. The average Bonchev–Trinajstić information content (AvgIpc) is 2.06. The Kier molecular flexibility index (Phi) is 5.13. The normalized spacial score (nSPS) is 8.67. The van der Waals surface area contributed by atoms with Gasteiger partial charge in [0.1, 0.15) is 5.75 Å². The van der Waals surface area contributed by atoms with Crippen molar-refractivity contribution in [2.45, 2.75) is 27.4 Å². The molecule has 0 aromatic heterocycles. The number of aliphatic hydroxyl groups is 1. The monoisotopic (exact) mass is 168 g/mol.